The molecular weight excluding hydrogens is 273 g/mol. The molecular formula is C16H16FNOS. The molecule has 2 nitrogen and oxygen atoms in total. The van der Waals surface area contributed by atoms with Gasteiger partial charge in [0.05, 0.1) is 0 Å². The van der Waals surface area contributed by atoms with Gasteiger partial charge in [0.15, 0.2) is 0 Å². The minimum atomic E-state index is -0.359. The largest absolute Gasteiger partial charge is 0.322 e. The standard InChI is InChI=1S/C16H16FNOS/c1-11-6-7-14(17)9-15(11)18-16(19)13-5-3-4-12(8-13)10-20-2/h3-9H,10H2,1-2H3,(H,18,19). The van der Waals surface area contributed by atoms with E-state index in [4.69, 9.17) is 0 Å². The monoisotopic (exact) mass is 289 g/mol. The first kappa shape index (κ1) is 14.6. The summed E-state index contributed by atoms with van der Waals surface area (Å²) in [6.07, 6.45) is 2.02. The van der Waals surface area contributed by atoms with E-state index in [-0.39, 0.29) is 11.7 Å². The Hall–Kier alpha value is -1.81. The fourth-order valence-electron chi connectivity index (χ4n) is 1.89. The highest BCUT2D eigenvalue weighted by Crippen LogP contribution is 2.18. The molecule has 2 rings (SSSR count). The molecule has 2 aromatic rings. The number of hydrogen-bond donors (Lipinski definition) is 1. The van der Waals surface area contributed by atoms with Gasteiger partial charge < -0.3 is 5.32 Å². The van der Waals surface area contributed by atoms with Gasteiger partial charge in [-0.3, -0.25) is 4.79 Å². The number of amides is 1. The second-order valence-electron chi connectivity index (χ2n) is 4.55. The molecule has 1 amide bonds. The van der Waals surface area contributed by atoms with Crippen LogP contribution in [0.2, 0.25) is 0 Å². The molecule has 0 fully saturated rings. The van der Waals surface area contributed by atoms with Gasteiger partial charge in [-0.1, -0.05) is 18.2 Å². The van der Waals surface area contributed by atoms with Crippen molar-refractivity contribution < 1.29 is 9.18 Å². The zero-order chi connectivity index (χ0) is 14.5. The zero-order valence-electron chi connectivity index (χ0n) is 11.4. The Morgan fingerprint density at radius 1 is 1.25 bits per heavy atom. The number of carbonyl (C=O) groups is 1. The predicted octanol–water partition coefficient (Wildman–Crippen LogP) is 4.25. The number of anilines is 1. The van der Waals surface area contributed by atoms with Crippen LogP contribution in [0.15, 0.2) is 42.5 Å². The summed E-state index contributed by atoms with van der Waals surface area (Å²) < 4.78 is 13.2. The van der Waals surface area contributed by atoms with Crippen molar-refractivity contribution in [3.05, 3.63) is 65.0 Å². The number of nitrogens with one attached hydrogen (secondary N) is 1. The summed E-state index contributed by atoms with van der Waals surface area (Å²) in [5.41, 5.74) is 3.02. The molecule has 0 radical (unpaired) electrons. The molecule has 2 aromatic carbocycles. The normalized spacial score (nSPS) is 10.3. The molecule has 0 aliphatic carbocycles. The van der Waals surface area contributed by atoms with E-state index >= 15 is 0 Å². The Kier molecular flexibility index (Phi) is 4.79. The quantitative estimate of drug-likeness (QED) is 0.911. The van der Waals surface area contributed by atoms with Crippen molar-refractivity contribution in [1.82, 2.24) is 0 Å². The van der Waals surface area contributed by atoms with Crippen LogP contribution in [0.3, 0.4) is 0 Å². The molecule has 0 aromatic heterocycles. The van der Waals surface area contributed by atoms with Gasteiger partial charge in [0.1, 0.15) is 5.82 Å². The first-order chi connectivity index (χ1) is 9.60. The maximum absolute atomic E-state index is 13.2. The van der Waals surface area contributed by atoms with Gasteiger partial charge in [0, 0.05) is 17.0 Å². The number of hydrogen-bond acceptors (Lipinski definition) is 2. The first-order valence-electron chi connectivity index (χ1n) is 6.25. The maximum atomic E-state index is 13.2. The van der Waals surface area contributed by atoms with E-state index in [1.165, 1.54) is 12.1 Å². The third-order valence-corrected chi connectivity index (χ3v) is 3.57. The van der Waals surface area contributed by atoms with Gasteiger partial charge >= 0.3 is 0 Å². The lowest BCUT2D eigenvalue weighted by atomic mass is 10.1. The Labute approximate surface area is 122 Å². The molecule has 4 heteroatoms. The summed E-state index contributed by atoms with van der Waals surface area (Å²) in [5.74, 6) is 0.281. The van der Waals surface area contributed by atoms with E-state index in [0.717, 1.165) is 16.9 Å². The van der Waals surface area contributed by atoms with Crippen molar-refractivity contribution in [2.45, 2.75) is 12.7 Å². The fraction of sp³-hybridized carbons (Fsp3) is 0.188. The zero-order valence-corrected chi connectivity index (χ0v) is 12.3. The number of thioether (sulfide) groups is 1. The molecule has 0 aliphatic rings. The summed E-state index contributed by atoms with van der Waals surface area (Å²) in [6, 6.07) is 11.8. The van der Waals surface area contributed by atoms with Crippen LogP contribution in [0.25, 0.3) is 0 Å². The summed E-state index contributed by atoms with van der Waals surface area (Å²) in [6.45, 7) is 1.83. The van der Waals surface area contributed by atoms with Gasteiger partial charge in [0.2, 0.25) is 0 Å². The molecule has 0 aliphatic heterocycles. The summed E-state index contributed by atoms with van der Waals surface area (Å²) in [4.78, 5) is 12.2. The maximum Gasteiger partial charge on any atom is 0.255 e. The molecule has 20 heavy (non-hydrogen) atoms. The van der Waals surface area contributed by atoms with Crippen LogP contribution in [-0.4, -0.2) is 12.2 Å². The van der Waals surface area contributed by atoms with Crippen LogP contribution in [0.4, 0.5) is 10.1 Å². The third-order valence-electron chi connectivity index (χ3n) is 2.95. The smallest absolute Gasteiger partial charge is 0.255 e. The van der Waals surface area contributed by atoms with Crippen LogP contribution in [0, 0.1) is 12.7 Å². The van der Waals surface area contributed by atoms with Crippen LogP contribution >= 0.6 is 11.8 Å². The SMILES string of the molecule is CSCc1cccc(C(=O)Nc2cc(F)ccc2C)c1. The summed E-state index contributed by atoms with van der Waals surface area (Å²) in [5, 5.41) is 2.75. The molecule has 0 atom stereocenters. The minimum Gasteiger partial charge on any atom is -0.322 e. The lowest BCUT2D eigenvalue weighted by Gasteiger charge is -2.09. The van der Waals surface area contributed by atoms with Crippen LogP contribution in [0.5, 0.6) is 0 Å². The van der Waals surface area contributed by atoms with E-state index in [2.05, 4.69) is 5.32 Å². The third kappa shape index (κ3) is 3.61. The van der Waals surface area contributed by atoms with Crippen LogP contribution in [0.1, 0.15) is 21.5 Å². The highest BCUT2D eigenvalue weighted by atomic mass is 32.2. The summed E-state index contributed by atoms with van der Waals surface area (Å²) >= 11 is 1.70. The lowest BCUT2D eigenvalue weighted by Crippen LogP contribution is -2.13. The first-order valence-corrected chi connectivity index (χ1v) is 7.65. The van der Waals surface area contributed by atoms with Crippen molar-refractivity contribution in [3.8, 4) is 0 Å². The Morgan fingerprint density at radius 2 is 2.05 bits per heavy atom. The predicted molar refractivity (Wildman–Crippen MR) is 82.8 cm³/mol. The van der Waals surface area contributed by atoms with E-state index in [1.807, 2.05) is 31.4 Å². The average molecular weight is 289 g/mol. The Bertz CT molecular complexity index is 628. The van der Waals surface area contributed by atoms with Gasteiger partial charge in [-0.05, 0) is 48.6 Å². The van der Waals surface area contributed by atoms with E-state index in [1.54, 1.807) is 23.9 Å². The molecule has 0 bridgehead atoms. The molecule has 0 spiro atoms. The highest BCUT2D eigenvalue weighted by molar-refractivity contribution is 7.97. The van der Waals surface area contributed by atoms with E-state index in [0.29, 0.717) is 11.3 Å². The minimum absolute atomic E-state index is 0.221. The Balaban J connectivity index is 2.19. The Morgan fingerprint density at radius 3 is 2.80 bits per heavy atom. The van der Waals surface area contributed by atoms with E-state index in [9.17, 15) is 9.18 Å². The van der Waals surface area contributed by atoms with Crippen molar-refractivity contribution in [3.63, 3.8) is 0 Å². The molecule has 0 unspecified atom stereocenters. The molecule has 1 N–H and O–H groups in total. The van der Waals surface area contributed by atoms with Crippen molar-refractivity contribution in [2.24, 2.45) is 0 Å². The van der Waals surface area contributed by atoms with Crippen molar-refractivity contribution in [1.29, 1.82) is 0 Å². The fourth-order valence-corrected chi connectivity index (χ4v) is 2.41. The van der Waals surface area contributed by atoms with Crippen molar-refractivity contribution >= 4 is 23.4 Å². The summed E-state index contributed by atoms with van der Waals surface area (Å²) in [7, 11) is 0. The van der Waals surface area contributed by atoms with Crippen LogP contribution in [-0.2, 0) is 5.75 Å². The second-order valence-corrected chi connectivity index (χ2v) is 5.41. The van der Waals surface area contributed by atoms with E-state index < -0.39 is 0 Å². The van der Waals surface area contributed by atoms with Crippen molar-refractivity contribution in [2.75, 3.05) is 11.6 Å². The van der Waals surface area contributed by atoms with Gasteiger partial charge in [0.25, 0.3) is 5.91 Å². The molecule has 0 heterocycles. The number of aryl methyl sites for hydroxylation is 1. The lowest BCUT2D eigenvalue weighted by molar-refractivity contribution is 0.102. The molecule has 0 saturated carbocycles. The highest BCUT2D eigenvalue weighted by Gasteiger charge is 2.09. The topological polar surface area (TPSA) is 29.1 Å². The second kappa shape index (κ2) is 6.57. The van der Waals surface area contributed by atoms with Gasteiger partial charge in [-0.2, -0.15) is 11.8 Å². The van der Waals surface area contributed by atoms with Crippen LogP contribution < -0.4 is 5.32 Å². The molecule has 104 valence electrons. The number of rotatable bonds is 4. The number of benzene rings is 2. The molecule has 0 saturated heterocycles. The number of carbonyl (C=O) groups excluding carboxylic acids is 1. The number of halogens is 1. The van der Waals surface area contributed by atoms with Gasteiger partial charge in [-0.15, -0.1) is 0 Å². The van der Waals surface area contributed by atoms with Gasteiger partial charge in [-0.25, -0.2) is 4.39 Å². The average Bonchev–Trinajstić information content (AvgIpc) is 2.43.